The van der Waals surface area contributed by atoms with Gasteiger partial charge >= 0.3 is 0 Å². The van der Waals surface area contributed by atoms with Gasteiger partial charge in [-0.3, -0.25) is 0 Å². The lowest BCUT2D eigenvalue weighted by molar-refractivity contribution is 0.270. The third-order valence-electron chi connectivity index (χ3n) is 2.00. The number of likely N-dealkylation sites (N-methyl/N-ethyl adjacent to an activating group) is 1. The lowest BCUT2D eigenvalue weighted by atomic mass is 10.3. The topological polar surface area (TPSA) is 49.2 Å². The maximum absolute atomic E-state index is 8.95. The second-order valence-electron chi connectivity index (χ2n) is 2.99. The van der Waals surface area contributed by atoms with Crippen molar-refractivity contribution in [2.75, 3.05) is 18.6 Å². The summed E-state index contributed by atoms with van der Waals surface area (Å²) in [5, 5.41) is 9.82. The van der Waals surface area contributed by atoms with Crippen molar-refractivity contribution in [1.82, 2.24) is 9.36 Å². The monoisotopic (exact) mass is 201 g/mol. The van der Waals surface area contributed by atoms with Crippen LogP contribution in [-0.2, 0) is 6.42 Å². The van der Waals surface area contributed by atoms with E-state index < -0.39 is 0 Å². The Balaban J connectivity index is 2.70. The fourth-order valence-electron chi connectivity index (χ4n) is 0.843. The van der Waals surface area contributed by atoms with Gasteiger partial charge in [0.05, 0.1) is 12.6 Å². The van der Waals surface area contributed by atoms with Crippen LogP contribution < -0.4 is 4.90 Å². The predicted molar refractivity (Wildman–Crippen MR) is 54.2 cm³/mol. The van der Waals surface area contributed by atoms with E-state index >= 15 is 0 Å². The van der Waals surface area contributed by atoms with Crippen molar-refractivity contribution in [3.63, 3.8) is 0 Å². The van der Waals surface area contributed by atoms with E-state index in [1.165, 1.54) is 11.5 Å². The van der Waals surface area contributed by atoms with E-state index in [2.05, 4.69) is 9.36 Å². The van der Waals surface area contributed by atoms with Crippen LogP contribution in [0.25, 0.3) is 0 Å². The van der Waals surface area contributed by atoms with Crippen molar-refractivity contribution in [2.24, 2.45) is 0 Å². The second kappa shape index (κ2) is 4.53. The number of hydrogen-bond acceptors (Lipinski definition) is 5. The number of anilines is 1. The van der Waals surface area contributed by atoms with Crippen molar-refractivity contribution in [1.29, 1.82) is 0 Å². The molecule has 0 aliphatic heterocycles. The van der Waals surface area contributed by atoms with Crippen LogP contribution >= 0.6 is 11.5 Å². The SMILES string of the molecule is CCc1nsc(N(C)C(C)CO)n1. The molecule has 0 amide bonds. The minimum absolute atomic E-state index is 0.0951. The number of aryl methyl sites for hydroxylation is 1. The molecule has 13 heavy (non-hydrogen) atoms. The highest BCUT2D eigenvalue weighted by atomic mass is 32.1. The molecule has 1 unspecified atom stereocenters. The van der Waals surface area contributed by atoms with Gasteiger partial charge in [0.1, 0.15) is 5.82 Å². The van der Waals surface area contributed by atoms with Gasteiger partial charge in [-0.05, 0) is 6.92 Å². The molecule has 0 fully saturated rings. The Morgan fingerprint density at radius 3 is 2.77 bits per heavy atom. The molecule has 0 radical (unpaired) electrons. The van der Waals surface area contributed by atoms with Crippen LogP contribution in [-0.4, -0.2) is 34.2 Å². The van der Waals surface area contributed by atoms with E-state index in [0.29, 0.717) is 0 Å². The Labute approximate surface area is 82.4 Å². The van der Waals surface area contributed by atoms with Gasteiger partial charge in [0, 0.05) is 25.0 Å². The maximum Gasteiger partial charge on any atom is 0.205 e. The zero-order valence-corrected chi connectivity index (χ0v) is 9.01. The third-order valence-corrected chi connectivity index (χ3v) is 2.85. The van der Waals surface area contributed by atoms with E-state index in [-0.39, 0.29) is 12.6 Å². The molecular formula is C8H15N3OS. The van der Waals surface area contributed by atoms with Gasteiger partial charge in [0.2, 0.25) is 5.13 Å². The summed E-state index contributed by atoms with van der Waals surface area (Å²) in [6, 6.07) is 0.0951. The van der Waals surface area contributed by atoms with E-state index in [4.69, 9.17) is 5.11 Å². The van der Waals surface area contributed by atoms with E-state index in [9.17, 15) is 0 Å². The number of aromatic nitrogens is 2. The highest BCUT2D eigenvalue weighted by molar-refractivity contribution is 7.09. The summed E-state index contributed by atoms with van der Waals surface area (Å²) < 4.78 is 4.18. The summed E-state index contributed by atoms with van der Waals surface area (Å²) in [5.41, 5.74) is 0. The zero-order valence-electron chi connectivity index (χ0n) is 8.19. The molecule has 1 N–H and O–H groups in total. The Hall–Kier alpha value is -0.680. The molecule has 1 atom stereocenters. The predicted octanol–water partition coefficient (Wildman–Crippen LogP) is 0.917. The third kappa shape index (κ3) is 2.38. The number of aliphatic hydroxyl groups is 1. The van der Waals surface area contributed by atoms with Gasteiger partial charge in [-0.15, -0.1) is 0 Å². The van der Waals surface area contributed by atoms with Crippen molar-refractivity contribution < 1.29 is 5.11 Å². The molecule has 1 heterocycles. The summed E-state index contributed by atoms with van der Waals surface area (Å²) in [6.45, 7) is 4.12. The lowest BCUT2D eigenvalue weighted by Crippen LogP contribution is -2.31. The lowest BCUT2D eigenvalue weighted by Gasteiger charge is -2.21. The first-order valence-electron chi connectivity index (χ1n) is 4.35. The summed E-state index contributed by atoms with van der Waals surface area (Å²) in [5.74, 6) is 0.872. The average Bonchev–Trinajstić information content (AvgIpc) is 2.63. The van der Waals surface area contributed by atoms with Crippen LogP contribution in [0.1, 0.15) is 19.7 Å². The molecular weight excluding hydrogens is 186 g/mol. The Morgan fingerprint density at radius 1 is 1.62 bits per heavy atom. The molecule has 1 rings (SSSR count). The molecule has 0 bridgehead atoms. The minimum atomic E-state index is 0.0951. The van der Waals surface area contributed by atoms with E-state index in [1.807, 2.05) is 25.8 Å². The van der Waals surface area contributed by atoms with Crippen molar-refractivity contribution in [2.45, 2.75) is 26.3 Å². The highest BCUT2D eigenvalue weighted by Crippen LogP contribution is 2.17. The van der Waals surface area contributed by atoms with Crippen LogP contribution in [0, 0.1) is 0 Å². The first-order chi connectivity index (χ1) is 6.19. The van der Waals surface area contributed by atoms with Gasteiger partial charge < -0.3 is 10.0 Å². The molecule has 5 heteroatoms. The standard InChI is InChI=1S/C8H15N3OS/c1-4-7-9-8(13-10-7)11(3)6(2)5-12/h6,12H,4-5H2,1-3H3. The van der Waals surface area contributed by atoms with Gasteiger partial charge in [0.15, 0.2) is 0 Å². The van der Waals surface area contributed by atoms with Crippen molar-refractivity contribution >= 4 is 16.7 Å². The minimum Gasteiger partial charge on any atom is -0.394 e. The van der Waals surface area contributed by atoms with Crippen LogP contribution in [0.2, 0.25) is 0 Å². The van der Waals surface area contributed by atoms with Crippen molar-refractivity contribution in [3.05, 3.63) is 5.82 Å². The number of nitrogens with zero attached hydrogens (tertiary/aromatic N) is 3. The Kier molecular flexibility index (Phi) is 3.62. The molecule has 4 nitrogen and oxygen atoms in total. The Morgan fingerprint density at radius 2 is 2.31 bits per heavy atom. The van der Waals surface area contributed by atoms with Gasteiger partial charge in [-0.25, -0.2) is 4.98 Å². The molecule has 1 aromatic heterocycles. The molecule has 0 saturated heterocycles. The first kappa shape index (κ1) is 10.4. The van der Waals surface area contributed by atoms with E-state index in [0.717, 1.165) is 17.4 Å². The molecule has 1 aromatic rings. The van der Waals surface area contributed by atoms with Gasteiger partial charge in [-0.2, -0.15) is 4.37 Å². The highest BCUT2D eigenvalue weighted by Gasteiger charge is 2.12. The van der Waals surface area contributed by atoms with E-state index in [1.54, 1.807) is 0 Å². The largest absolute Gasteiger partial charge is 0.394 e. The summed E-state index contributed by atoms with van der Waals surface area (Å²) in [7, 11) is 1.92. The number of hydrogen-bond donors (Lipinski definition) is 1. The summed E-state index contributed by atoms with van der Waals surface area (Å²) in [4.78, 5) is 6.26. The molecule has 0 saturated carbocycles. The maximum atomic E-state index is 8.95. The molecule has 74 valence electrons. The van der Waals surface area contributed by atoms with Crippen molar-refractivity contribution in [3.8, 4) is 0 Å². The zero-order chi connectivity index (χ0) is 9.84. The number of aliphatic hydroxyl groups excluding tert-OH is 1. The van der Waals surface area contributed by atoms with Gasteiger partial charge in [-0.1, -0.05) is 6.92 Å². The van der Waals surface area contributed by atoms with Crippen LogP contribution in [0.3, 0.4) is 0 Å². The smallest absolute Gasteiger partial charge is 0.205 e. The van der Waals surface area contributed by atoms with Gasteiger partial charge in [0.25, 0.3) is 0 Å². The summed E-state index contributed by atoms with van der Waals surface area (Å²) >= 11 is 1.38. The molecule has 0 spiro atoms. The molecule has 0 aliphatic rings. The van der Waals surface area contributed by atoms with Crippen LogP contribution in [0.4, 0.5) is 5.13 Å². The fourth-order valence-corrected chi connectivity index (χ4v) is 1.65. The number of rotatable bonds is 4. The first-order valence-corrected chi connectivity index (χ1v) is 5.12. The quantitative estimate of drug-likeness (QED) is 0.787. The molecule has 0 aromatic carbocycles. The van der Waals surface area contributed by atoms with Crippen LogP contribution in [0.15, 0.2) is 0 Å². The second-order valence-corrected chi connectivity index (χ2v) is 3.72. The molecule has 0 aliphatic carbocycles. The summed E-state index contributed by atoms with van der Waals surface area (Å²) in [6.07, 6.45) is 0.859. The Bertz CT molecular complexity index is 264. The average molecular weight is 201 g/mol. The fraction of sp³-hybridized carbons (Fsp3) is 0.750. The normalized spacial score (nSPS) is 12.9. The van der Waals surface area contributed by atoms with Crippen LogP contribution in [0.5, 0.6) is 0 Å².